The third-order valence-electron chi connectivity index (χ3n) is 3.23. The van der Waals surface area contributed by atoms with Crippen molar-refractivity contribution in [3.05, 3.63) is 47.8 Å². The normalized spacial score (nSPS) is 11.7. The van der Waals surface area contributed by atoms with Gasteiger partial charge in [-0.25, -0.2) is 17.8 Å². The maximum atomic E-state index is 10.9. The monoisotopic (exact) mass is 322 g/mol. The van der Waals surface area contributed by atoms with E-state index in [1.807, 2.05) is 48.1 Å². The molecule has 0 fully saturated rings. The number of aromatic nitrogens is 2. The second-order valence-electron chi connectivity index (χ2n) is 5.22. The summed E-state index contributed by atoms with van der Waals surface area (Å²) < 4.78 is 26.2. The van der Waals surface area contributed by atoms with E-state index >= 15 is 0 Å². The zero-order valence-corrected chi connectivity index (χ0v) is 13.7. The lowest BCUT2D eigenvalue weighted by atomic mass is 10.2. The molecule has 7 heteroatoms. The van der Waals surface area contributed by atoms with Crippen molar-refractivity contribution >= 4 is 10.0 Å². The minimum absolute atomic E-state index is 0.452. The van der Waals surface area contributed by atoms with Crippen LogP contribution in [0.25, 0.3) is 5.69 Å². The van der Waals surface area contributed by atoms with E-state index in [9.17, 15) is 8.42 Å². The zero-order chi connectivity index (χ0) is 16.0. The van der Waals surface area contributed by atoms with E-state index in [0.29, 0.717) is 6.54 Å². The van der Waals surface area contributed by atoms with Crippen LogP contribution in [0.5, 0.6) is 0 Å². The summed E-state index contributed by atoms with van der Waals surface area (Å²) in [5.41, 5.74) is 3.17. The number of sulfonamides is 1. The molecule has 2 aromatic rings. The maximum absolute atomic E-state index is 10.9. The summed E-state index contributed by atoms with van der Waals surface area (Å²) in [7, 11) is -3.09. The van der Waals surface area contributed by atoms with Crippen LogP contribution in [0.1, 0.15) is 17.7 Å². The minimum Gasteiger partial charge on any atom is -0.312 e. The Morgan fingerprint density at radius 2 is 1.91 bits per heavy atom. The van der Waals surface area contributed by atoms with Crippen molar-refractivity contribution in [2.45, 2.75) is 19.9 Å². The fraction of sp³-hybridized carbons (Fsp3) is 0.400. The Kier molecular flexibility index (Phi) is 5.70. The van der Waals surface area contributed by atoms with Gasteiger partial charge >= 0.3 is 0 Å². The Morgan fingerprint density at radius 3 is 2.59 bits per heavy atom. The molecule has 0 spiro atoms. The highest BCUT2D eigenvalue weighted by Crippen LogP contribution is 2.11. The predicted octanol–water partition coefficient (Wildman–Crippen LogP) is 1.21. The molecule has 22 heavy (non-hydrogen) atoms. The highest BCUT2D eigenvalue weighted by molar-refractivity contribution is 7.88. The molecule has 6 nitrogen and oxygen atoms in total. The predicted molar refractivity (Wildman–Crippen MR) is 87.5 cm³/mol. The van der Waals surface area contributed by atoms with E-state index in [0.717, 1.165) is 36.5 Å². The number of hydrogen-bond acceptors (Lipinski definition) is 4. The molecule has 120 valence electrons. The second kappa shape index (κ2) is 7.53. The first-order valence-electron chi connectivity index (χ1n) is 7.21. The van der Waals surface area contributed by atoms with Crippen molar-refractivity contribution in [2.24, 2.45) is 0 Å². The maximum Gasteiger partial charge on any atom is 0.208 e. The van der Waals surface area contributed by atoms with Crippen LogP contribution in [0.3, 0.4) is 0 Å². The van der Waals surface area contributed by atoms with Gasteiger partial charge in [-0.1, -0.05) is 18.2 Å². The standard InChI is InChI=1S/C15H22N4O2S/c1-13-14(11-16-9-6-10-17-22(2,20)21)12-19(18-13)15-7-4-3-5-8-15/h3-5,7-8,12,16-17H,6,9-11H2,1-2H3. The molecular formula is C15H22N4O2S. The van der Waals surface area contributed by atoms with Gasteiger partial charge in [0.15, 0.2) is 0 Å². The third kappa shape index (κ3) is 5.25. The SMILES string of the molecule is Cc1nn(-c2ccccc2)cc1CNCCCNS(C)(=O)=O. The number of hydrogen-bond donors (Lipinski definition) is 2. The van der Waals surface area contributed by atoms with Gasteiger partial charge < -0.3 is 5.32 Å². The highest BCUT2D eigenvalue weighted by atomic mass is 32.2. The van der Waals surface area contributed by atoms with Crippen LogP contribution >= 0.6 is 0 Å². The fourth-order valence-corrected chi connectivity index (χ4v) is 2.59. The Hall–Kier alpha value is -1.70. The summed E-state index contributed by atoms with van der Waals surface area (Å²) in [6.07, 6.45) is 3.94. The molecule has 0 atom stereocenters. The van der Waals surface area contributed by atoms with Gasteiger partial charge in [-0.05, 0) is 32.0 Å². The molecule has 1 heterocycles. The molecule has 2 rings (SSSR count). The molecular weight excluding hydrogens is 300 g/mol. The number of nitrogens with one attached hydrogen (secondary N) is 2. The van der Waals surface area contributed by atoms with Gasteiger partial charge in [0.1, 0.15) is 0 Å². The van der Waals surface area contributed by atoms with Gasteiger partial charge in [0, 0.05) is 24.8 Å². The molecule has 0 bridgehead atoms. The van der Waals surface area contributed by atoms with Crippen LogP contribution in [0.4, 0.5) is 0 Å². The molecule has 2 N–H and O–H groups in total. The smallest absolute Gasteiger partial charge is 0.208 e. The lowest BCUT2D eigenvalue weighted by Gasteiger charge is -2.04. The van der Waals surface area contributed by atoms with Gasteiger partial charge in [0.05, 0.1) is 17.6 Å². The van der Waals surface area contributed by atoms with Crippen molar-refractivity contribution < 1.29 is 8.42 Å². The van der Waals surface area contributed by atoms with Gasteiger partial charge in [-0.3, -0.25) is 0 Å². The zero-order valence-electron chi connectivity index (χ0n) is 12.9. The van der Waals surface area contributed by atoms with Crippen molar-refractivity contribution in [1.29, 1.82) is 0 Å². The van der Waals surface area contributed by atoms with Crippen LogP contribution in [-0.2, 0) is 16.6 Å². The number of benzene rings is 1. The molecule has 0 aliphatic rings. The lowest BCUT2D eigenvalue weighted by Crippen LogP contribution is -2.26. The molecule has 0 aliphatic heterocycles. The van der Waals surface area contributed by atoms with Crippen LogP contribution in [0, 0.1) is 6.92 Å². The summed E-state index contributed by atoms with van der Waals surface area (Å²) in [6, 6.07) is 9.98. The summed E-state index contributed by atoms with van der Waals surface area (Å²) in [6.45, 7) is 3.91. The van der Waals surface area contributed by atoms with Crippen molar-refractivity contribution in [3.8, 4) is 5.69 Å². The van der Waals surface area contributed by atoms with E-state index < -0.39 is 10.0 Å². The van der Waals surface area contributed by atoms with Gasteiger partial charge in [-0.2, -0.15) is 5.10 Å². The first-order valence-corrected chi connectivity index (χ1v) is 9.11. The van der Waals surface area contributed by atoms with E-state index in [-0.39, 0.29) is 0 Å². The molecule has 1 aromatic heterocycles. The average molecular weight is 322 g/mol. The lowest BCUT2D eigenvalue weighted by molar-refractivity contribution is 0.579. The quantitative estimate of drug-likeness (QED) is 0.716. The average Bonchev–Trinajstić information content (AvgIpc) is 2.84. The van der Waals surface area contributed by atoms with Crippen molar-refractivity contribution in [3.63, 3.8) is 0 Å². The highest BCUT2D eigenvalue weighted by Gasteiger charge is 2.05. The Bertz CT molecular complexity index is 696. The van der Waals surface area contributed by atoms with Crippen molar-refractivity contribution in [2.75, 3.05) is 19.3 Å². The Labute approximate surface area is 131 Å². The number of nitrogens with zero attached hydrogens (tertiary/aromatic N) is 2. The van der Waals surface area contributed by atoms with Crippen LogP contribution in [0.15, 0.2) is 36.5 Å². The first-order chi connectivity index (χ1) is 10.5. The van der Waals surface area contributed by atoms with Gasteiger partial charge in [-0.15, -0.1) is 0 Å². The number of para-hydroxylation sites is 1. The Balaban J connectivity index is 1.80. The molecule has 1 aromatic carbocycles. The van der Waals surface area contributed by atoms with Crippen LogP contribution in [0.2, 0.25) is 0 Å². The third-order valence-corrected chi connectivity index (χ3v) is 3.96. The number of rotatable bonds is 8. The van der Waals surface area contributed by atoms with Gasteiger partial charge in [0.2, 0.25) is 10.0 Å². The summed E-state index contributed by atoms with van der Waals surface area (Å²) >= 11 is 0. The number of aryl methyl sites for hydroxylation is 1. The van der Waals surface area contributed by atoms with E-state index in [4.69, 9.17) is 0 Å². The molecule has 0 amide bonds. The summed E-state index contributed by atoms with van der Waals surface area (Å²) in [5.74, 6) is 0. The molecule has 0 unspecified atom stereocenters. The van der Waals surface area contributed by atoms with E-state index in [2.05, 4.69) is 15.1 Å². The first kappa shape index (κ1) is 16.7. The van der Waals surface area contributed by atoms with Gasteiger partial charge in [0.25, 0.3) is 0 Å². The molecule has 0 radical (unpaired) electrons. The largest absolute Gasteiger partial charge is 0.312 e. The molecule has 0 saturated heterocycles. The van der Waals surface area contributed by atoms with Crippen LogP contribution < -0.4 is 10.0 Å². The second-order valence-corrected chi connectivity index (χ2v) is 7.05. The molecule has 0 saturated carbocycles. The minimum atomic E-state index is -3.09. The fourth-order valence-electron chi connectivity index (χ4n) is 2.08. The van der Waals surface area contributed by atoms with E-state index in [1.54, 1.807) is 0 Å². The topological polar surface area (TPSA) is 76.0 Å². The Morgan fingerprint density at radius 1 is 1.18 bits per heavy atom. The van der Waals surface area contributed by atoms with Crippen LogP contribution in [-0.4, -0.2) is 37.5 Å². The van der Waals surface area contributed by atoms with Crippen molar-refractivity contribution in [1.82, 2.24) is 19.8 Å². The summed E-state index contributed by atoms with van der Waals surface area (Å²) in [5, 5.41) is 7.82. The molecule has 0 aliphatic carbocycles. The van der Waals surface area contributed by atoms with E-state index in [1.165, 1.54) is 6.26 Å². The summed E-state index contributed by atoms with van der Waals surface area (Å²) in [4.78, 5) is 0.